The SMILES string of the molecule is CC(C)Cn1ncnc1CCCC(O)C(C)(C)C. The lowest BCUT2D eigenvalue weighted by molar-refractivity contribution is 0.0538. The third kappa shape index (κ3) is 4.77. The number of rotatable bonds is 6. The van der Waals surface area contributed by atoms with E-state index >= 15 is 0 Å². The summed E-state index contributed by atoms with van der Waals surface area (Å²) in [6.07, 6.45) is 4.03. The van der Waals surface area contributed by atoms with E-state index in [-0.39, 0.29) is 11.5 Å². The molecule has 1 aromatic heterocycles. The van der Waals surface area contributed by atoms with Crippen molar-refractivity contribution < 1.29 is 5.11 Å². The molecule has 1 heterocycles. The second-order valence-electron chi connectivity index (χ2n) is 6.53. The zero-order valence-electron chi connectivity index (χ0n) is 12.3. The van der Waals surface area contributed by atoms with Crippen molar-refractivity contribution in [3.63, 3.8) is 0 Å². The van der Waals surface area contributed by atoms with Crippen molar-refractivity contribution >= 4 is 0 Å². The summed E-state index contributed by atoms with van der Waals surface area (Å²) in [7, 11) is 0. The minimum absolute atomic E-state index is 0.0361. The van der Waals surface area contributed by atoms with Crippen LogP contribution in [0.4, 0.5) is 0 Å². The molecule has 1 unspecified atom stereocenters. The summed E-state index contributed by atoms with van der Waals surface area (Å²) in [6, 6.07) is 0. The Kier molecular flexibility index (Phi) is 5.32. The van der Waals surface area contributed by atoms with Crippen LogP contribution < -0.4 is 0 Å². The second-order valence-corrected chi connectivity index (χ2v) is 6.53. The number of aliphatic hydroxyl groups excluding tert-OH is 1. The molecule has 0 aliphatic carbocycles. The highest BCUT2D eigenvalue weighted by atomic mass is 16.3. The smallest absolute Gasteiger partial charge is 0.138 e. The number of nitrogens with zero attached hydrogens (tertiary/aromatic N) is 3. The Morgan fingerprint density at radius 2 is 2.00 bits per heavy atom. The predicted molar refractivity (Wildman–Crippen MR) is 73.3 cm³/mol. The molecule has 4 heteroatoms. The fourth-order valence-corrected chi connectivity index (χ4v) is 1.87. The maximum Gasteiger partial charge on any atom is 0.138 e. The normalized spacial score (nSPS) is 14.2. The van der Waals surface area contributed by atoms with Crippen molar-refractivity contribution in [2.75, 3.05) is 0 Å². The van der Waals surface area contributed by atoms with E-state index in [0.29, 0.717) is 5.92 Å². The van der Waals surface area contributed by atoms with E-state index in [1.807, 2.05) is 4.68 Å². The summed E-state index contributed by atoms with van der Waals surface area (Å²) in [5.41, 5.74) is -0.0361. The molecule has 1 rings (SSSR count). The maximum atomic E-state index is 9.99. The second kappa shape index (κ2) is 6.32. The van der Waals surface area contributed by atoms with Crippen molar-refractivity contribution in [3.05, 3.63) is 12.2 Å². The number of aliphatic hydroxyl groups is 1. The van der Waals surface area contributed by atoms with E-state index in [1.54, 1.807) is 6.33 Å². The van der Waals surface area contributed by atoms with Crippen LogP contribution in [0.15, 0.2) is 6.33 Å². The molecule has 0 radical (unpaired) electrons. The molecular formula is C14H27N3O. The van der Waals surface area contributed by atoms with Crippen LogP contribution in [0.5, 0.6) is 0 Å². The molecule has 0 bridgehead atoms. The lowest BCUT2D eigenvalue weighted by Crippen LogP contribution is -2.26. The molecule has 18 heavy (non-hydrogen) atoms. The Bertz CT molecular complexity index is 352. The maximum absolute atomic E-state index is 9.99. The van der Waals surface area contributed by atoms with Crippen LogP contribution in [-0.2, 0) is 13.0 Å². The van der Waals surface area contributed by atoms with Crippen LogP contribution in [0.25, 0.3) is 0 Å². The molecule has 1 atom stereocenters. The van der Waals surface area contributed by atoms with Gasteiger partial charge in [-0.2, -0.15) is 5.10 Å². The van der Waals surface area contributed by atoms with Crippen LogP contribution in [0, 0.1) is 11.3 Å². The third-order valence-corrected chi connectivity index (χ3v) is 3.11. The van der Waals surface area contributed by atoms with Gasteiger partial charge in [0, 0.05) is 13.0 Å². The van der Waals surface area contributed by atoms with Crippen molar-refractivity contribution in [2.24, 2.45) is 11.3 Å². The van der Waals surface area contributed by atoms with Gasteiger partial charge < -0.3 is 5.11 Å². The Morgan fingerprint density at radius 3 is 2.56 bits per heavy atom. The minimum Gasteiger partial charge on any atom is -0.393 e. The van der Waals surface area contributed by atoms with Gasteiger partial charge in [0.1, 0.15) is 12.2 Å². The van der Waals surface area contributed by atoms with Crippen LogP contribution >= 0.6 is 0 Å². The van der Waals surface area contributed by atoms with E-state index in [4.69, 9.17) is 0 Å². The summed E-state index contributed by atoms with van der Waals surface area (Å²) in [6.45, 7) is 11.5. The number of aryl methyl sites for hydroxylation is 1. The first kappa shape index (κ1) is 15.2. The van der Waals surface area contributed by atoms with Crippen molar-refractivity contribution in [2.45, 2.75) is 66.5 Å². The zero-order chi connectivity index (χ0) is 13.8. The summed E-state index contributed by atoms with van der Waals surface area (Å²) in [5, 5.41) is 14.2. The van der Waals surface area contributed by atoms with Gasteiger partial charge in [-0.1, -0.05) is 34.6 Å². The minimum atomic E-state index is -0.251. The van der Waals surface area contributed by atoms with Gasteiger partial charge in [-0.25, -0.2) is 9.67 Å². The lowest BCUT2D eigenvalue weighted by Gasteiger charge is -2.25. The molecule has 4 nitrogen and oxygen atoms in total. The Balaban J connectivity index is 2.42. The fourth-order valence-electron chi connectivity index (χ4n) is 1.87. The first-order chi connectivity index (χ1) is 8.30. The van der Waals surface area contributed by atoms with Gasteiger partial charge in [-0.3, -0.25) is 0 Å². The molecule has 0 spiro atoms. The lowest BCUT2D eigenvalue weighted by atomic mass is 9.86. The zero-order valence-corrected chi connectivity index (χ0v) is 12.3. The Hall–Kier alpha value is -0.900. The molecule has 104 valence electrons. The highest BCUT2D eigenvalue weighted by Gasteiger charge is 2.21. The molecule has 0 aliphatic rings. The van der Waals surface area contributed by atoms with Crippen LogP contribution in [-0.4, -0.2) is 26.0 Å². The average Bonchev–Trinajstić information content (AvgIpc) is 2.63. The molecule has 0 aromatic carbocycles. The van der Waals surface area contributed by atoms with Crippen molar-refractivity contribution in [3.8, 4) is 0 Å². The van der Waals surface area contributed by atoms with Gasteiger partial charge >= 0.3 is 0 Å². The highest BCUT2D eigenvalue weighted by Crippen LogP contribution is 2.23. The molecule has 1 aromatic rings. The van der Waals surface area contributed by atoms with E-state index in [1.165, 1.54) is 0 Å². The van der Waals surface area contributed by atoms with Crippen molar-refractivity contribution in [1.82, 2.24) is 14.8 Å². The number of hydrogen-bond donors (Lipinski definition) is 1. The van der Waals surface area contributed by atoms with E-state index < -0.39 is 0 Å². The molecule has 0 fully saturated rings. The monoisotopic (exact) mass is 253 g/mol. The van der Waals surface area contributed by atoms with E-state index in [9.17, 15) is 5.11 Å². The predicted octanol–water partition coefficient (Wildman–Crippen LogP) is 2.66. The molecule has 0 saturated heterocycles. The van der Waals surface area contributed by atoms with Crippen LogP contribution in [0.1, 0.15) is 53.3 Å². The van der Waals surface area contributed by atoms with Gasteiger partial charge in [0.2, 0.25) is 0 Å². The number of hydrogen-bond acceptors (Lipinski definition) is 3. The highest BCUT2D eigenvalue weighted by molar-refractivity contribution is 4.86. The summed E-state index contributed by atoms with van der Waals surface area (Å²) in [5.74, 6) is 1.61. The quantitative estimate of drug-likeness (QED) is 0.848. The van der Waals surface area contributed by atoms with Crippen LogP contribution in [0.2, 0.25) is 0 Å². The van der Waals surface area contributed by atoms with Gasteiger partial charge in [0.25, 0.3) is 0 Å². The molecule has 0 saturated carbocycles. The fraction of sp³-hybridized carbons (Fsp3) is 0.857. The van der Waals surface area contributed by atoms with E-state index in [2.05, 4.69) is 44.7 Å². The molecular weight excluding hydrogens is 226 g/mol. The first-order valence-corrected chi connectivity index (χ1v) is 6.85. The van der Waals surface area contributed by atoms with Gasteiger partial charge in [0.15, 0.2) is 0 Å². The third-order valence-electron chi connectivity index (χ3n) is 3.11. The van der Waals surface area contributed by atoms with Gasteiger partial charge in [0.05, 0.1) is 6.10 Å². The molecule has 1 N–H and O–H groups in total. The molecule has 0 amide bonds. The average molecular weight is 253 g/mol. The topological polar surface area (TPSA) is 50.9 Å². The standard InChI is InChI=1S/C14H27N3O/c1-11(2)9-17-13(15-10-16-17)8-6-7-12(18)14(3,4)5/h10-12,18H,6-9H2,1-5H3. The molecule has 0 aliphatic heterocycles. The van der Waals surface area contributed by atoms with Crippen LogP contribution in [0.3, 0.4) is 0 Å². The van der Waals surface area contributed by atoms with Crippen molar-refractivity contribution in [1.29, 1.82) is 0 Å². The Morgan fingerprint density at radius 1 is 1.33 bits per heavy atom. The summed E-state index contributed by atoms with van der Waals surface area (Å²) < 4.78 is 1.98. The van der Waals surface area contributed by atoms with Gasteiger partial charge in [-0.05, 0) is 24.2 Å². The Labute approximate surface area is 110 Å². The largest absolute Gasteiger partial charge is 0.393 e. The first-order valence-electron chi connectivity index (χ1n) is 6.85. The van der Waals surface area contributed by atoms with Gasteiger partial charge in [-0.15, -0.1) is 0 Å². The summed E-state index contributed by atoms with van der Waals surface area (Å²) >= 11 is 0. The van der Waals surface area contributed by atoms with E-state index in [0.717, 1.165) is 31.6 Å². The number of aromatic nitrogens is 3. The summed E-state index contributed by atoms with van der Waals surface area (Å²) in [4.78, 5) is 4.30.